The zero-order valence-corrected chi connectivity index (χ0v) is 16.5. The van der Waals surface area contributed by atoms with Gasteiger partial charge in [0, 0.05) is 18.7 Å². The quantitative estimate of drug-likeness (QED) is 0.533. The summed E-state index contributed by atoms with van der Waals surface area (Å²) in [6.07, 6.45) is 6.56. The predicted molar refractivity (Wildman–Crippen MR) is 108 cm³/mol. The number of amides is 1. The number of rotatable bonds is 6. The van der Waals surface area contributed by atoms with E-state index in [4.69, 9.17) is 0 Å². The van der Waals surface area contributed by atoms with Crippen LogP contribution in [0.1, 0.15) is 28.5 Å². The molecule has 0 saturated carbocycles. The number of benzene rings is 1. The van der Waals surface area contributed by atoms with Gasteiger partial charge in [0.1, 0.15) is 5.82 Å². The lowest BCUT2D eigenvalue weighted by atomic mass is 10.1. The molecule has 4 aromatic rings. The number of aromatic nitrogens is 6. The highest BCUT2D eigenvalue weighted by Crippen LogP contribution is 2.16. The van der Waals surface area contributed by atoms with Crippen LogP contribution in [-0.4, -0.2) is 41.7 Å². The van der Waals surface area contributed by atoms with Crippen molar-refractivity contribution in [2.75, 3.05) is 0 Å². The van der Waals surface area contributed by atoms with E-state index in [0.717, 1.165) is 17.5 Å². The molecule has 0 fully saturated rings. The number of aryl methyl sites for hydroxylation is 1. The van der Waals surface area contributed by atoms with E-state index in [9.17, 15) is 9.18 Å². The standard InChI is InChI=1S/C21H20FN7O/c1-14-3-5-19(29-24-8-9-25-29)18(11-14)21(30)26-15(2)12-17-7-10-28(27-17)20-6-4-16(22)13-23-20/h3-11,13,15H,12H2,1-2H3,(H,26,30). The molecule has 8 nitrogen and oxygen atoms in total. The molecule has 0 bridgehead atoms. The largest absolute Gasteiger partial charge is 0.349 e. The van der Waals surface area contributed by atoms with Gasteiger partial charge in [-0.25, -0.2) is 14.1 Å². The molecule has 0 saturated heterocycles. The Hall–Kier alpha value is -3.88. The van der Waals surface area contributed by atoms with Crippen molar-refractivity contribution in [2.24, 2.45) is 0 Å². The maximum Gasteiger partial charge on any atom is 0.253 e. The van der Waals surface area contributed by atoms with E-state index in [0.29, 0.717) is 23.5 Å². The fraction of sp³-hybridized carbons (Fsp3) is 0.190. The zero-order chi connectivity index (χ0) is 21.1. The highest BCUT2D eigenvalue weighted by Gasteiger charge is 2.17. The molecule has 1 atom stereocenters. The van der Waals surface area contributed by atoms with Gasteiger partial charge in [-0.05, 0) is 44.2 Å². The first kappa shape index (κ1) is 19.4. The molecule has 1 N–H and O–H groups in total. The first-order valence-corrected chi connectivity index (χ1v) is 9.44. The molecule has 1 aromatic carbocycles. The van der Waals surface area contributed by atoms with Crippen molar-refractivity contribution in [1.29, 1.82) is 0 Å². The molecule has 3 heterocycles. The van der Waals surface area contributed by atoms with Crippen molar-refractivity contribution < 1.29 is 9.18 Å². The van der Waals surface area contributed by atoms with E-state index in [2.05, 4.69) is 25.6 Å². The highest BCUT2D eigenvalue weighted by molar-refractivity contribution is 5.98. The van der Waals surface area contributed by atoms with Crippen LogP contribution in [0.4, 0.5) is 4.39 Å². The van der Waals surface area contributed by atoms with Gasteiger partial charge in [-0.3, -0.25) is 4.79 Å². The van der Waals surface area contributed by atoms with Crippen LogP contribution in [0.25, 0.3) is 11.5 Å². The third-order valence-electron chi connectivity index (χ3n) is 4.51. The Morgan fingerprint density at radius 3 is 2.70 bits per heavy atom. The molecule has 1 unspecified atom stereocenters. The summed E-state index contributed by atoms with van der Waals surface area (Å²) in [5, 5.41) is 15.7. The fourth-order valence-electron chi connectivity index (χ4n) is 3.11. The van der Waals surface area contributed by atoms with Gasteiger partial charge in [0.05, 0.1) is 35.5 Å². The van der Waals surface area contributed by atoms with Crippen LogP contribution < -0.4 is 5.32 Å². The molecule has 0 radical (unpaired) electrons. The van der Waals surface area contributed by atoms with E-state index < -0.39 is 5.82 Å². The summed E-state index contributed by atoms with van der Waals surface area (Å²) in [6, 6.07) is 10.1. The third kappa shape index (κ3) is 4.24. The number of carbonyl (C=O) groups is 1. The average Bonchev–Trinajstić information content (AvgIpc) is 3.41. The van der Waals surface area contributed by atoms with Crippen molar-refractivity contribution in [3.05, 3.63) is 83.8 Å². The molecule has 0 spiro atoms. The molecule has 152 valence electrons. The van der Waals surface area contributed by atoms with E-state index >= 15 is 0 Å². The number of nitrogens with one attached hydrogen (secondary N) is 1. The average molecular weight is 405 g/mol. The van der Waals surface area contributed by atoms with Crippen LogP contribution in [0.15, 0.2) is 61.2 Å². The summed E-state index contributed by atoms with van der Waals surface area (Å²) in [5.74, 6) is -0.0862. The first-order valence-electron chi connectivity index (χ1n) is 9.44. The lowest BCUT2D eigenvalue weighted by Crippen LogP contribution is -2.35. The molecule has 1 amide bonds. The van der Waals surface area contributed by atoms with Gasteiger partial charge < -0.3 is 5.32 Å². The van der Waals surface area contributed by atoms with Gasteiger partial charge in [0.15, 0.2) is 5.82 Å². The van der Waals surface area contributed by atoms with Gasteiger partial charge in [-0.2, -0.15) is 20.1 Å². The van der Waals surface area contributed by atoms with Crippen LogP contribution >= 0.6 is 0 Å². The van der Waals surface area contributed by atoms with Gasteiger partial charge in [-0.1, -0.05) is 11.6 Å². The van der Waals surface area contributed by atoms with E-state index in [1.54, 1.807) is 29.3 Å². The minimum absolute atomic E-state index is 0.166. The second kappa shape index (κ2) is 8.24. The molecule has 3 aromatic heterocycles. The van der Waals surface area contributed by atoms with Crippen LogP contribution in [0.2, 0.25) is 0 Å². The number of hydrogen-bond acceptors (Lipinski definition) is 5. The number of carbonyl (C=O) groups excluding carboxylic acids is 1. The Morgan fingerprint density at radius 1 is 1.17 bits per heavy atom. The number of hydrogen-bond donors (Lipinski definition) is 1. The second-order valence-electron chi connectivity index (χ2n) is 7.00. The fourth-order valence-corrected chi connectivity index (χ4v) is 3.11. The first-order chi connectivity index (χ1) is 14.5. The Bertz CT molecular complexity index is 1150. The third-order valence-corrected chi connectivity index (χ3v) is 4.51. The second-order valence-corrected chi connectivity index (χ2v) is 7.00. The summed E-state index contributed by atoms with van der Waals surface area (Å²) < 4.78 is 14.6. The maximum absolute atomic E-state index is 13.0. The minimum Gasteiger partial charge on any atom is -0.349 e. The van der Waals surface area contributed by atoms with Crippen molar-refractivity contribution in [2.45, 2.75) is 26.3 Å². The van der Waals surface area contributed by atoms with Gasteiger partial charge in [0.25, 0.3) is 5.91 Å². The molecule has 30 heavy (non-hydrogen) atoms. The molecule has 9 heteroatoms. The van der Waals surface area contributed by atoms with Gasteiger partial charge in [-0.15, -0.1) is 0 Å². The number of halogens is 1. The van der Waals surface area contributed by atoms with Crippen molar-refractivity contribution >= 4 is 5.91 Å². The number of nitrogens with zero attached hydrogens (tertiary/aromatic N) is 6. The van der Waals surface area contributed by atoms with Crippen LogP contribution in [0.3, 0.4) is 0 Å². The Labute approximate surface area is 172 Å². The van der Waals surface area contributed by atoms with E-state index in [1.807, 2.05) is 38.1 Å². The molecule has 0 aliphatic rings. The maximum atomic E-state index is 13.0. The normalized spacial score (nSPS) is 12.0. The van der Waals surface area contributed by atoms with E-state index in [1.165, 1.54) is 10.9 Å². The SMILES string of the molecule is Cc1ccc(-n2nccn2)c(C(=O)NC(C)Cc2ccn(-c3ccc(F)cn3)n2)c1. The Morgan fingerprint density at radius 2 is 1.97 bits per heavy atom. The van der Waals surface area contributed by atoms with Crippen LogP contribution in [-0.2, 0) is 6.42 Å². The summed E-state index contributed by atoms with van der Waals surface area (Å²) in [5.41, 5.74) is 2.86. The lowest BCUT2D eigenvalue weighted by molar-refractivity contribution is 0.0939. The zero-order valence-electron chi connectivity index (χ0n) is 16.5. The summed E-state index contributed by atoms with van der Waals surface area (Å²) in [6.45, 7) is 3.84. The lowest BCUT2D eigenvalue weighted by Gasteiger charge is -2.15. The summed E-state index contributed by atoms with van der Waals surface area (Å²) >= 11 is 0. The summed E-state index contributed by atoms with van der Waals surface area (Å²) in [7, 11) is 0. The Kier molecular flexibility index (Phi) is 5.34. The molecular weight excluding hydrogens is 385 g/mol. The minimum atomic E-state index is -0.400. The molecule has 4 rings (SSSR count). The van der Waals surface area contributed by atoms with Crippen LogP contribution in [0, 0.1) is 12.7 Å². The van der Waals surface area contributed by atoms with Crippen molar-refractivity contribution in [3.8, 4) is 11.5 Å². The Balaban J connectivity index is 1.46. The number of pyridine rings is 1. The predicted octanol–water partition coefficient (Wildman–Crippen LogP) is 2.66. The van der Waals surface area contributed by atoms with Crippen molar-refractivity contribution in [3.63, 3.8) is 0 Å². The highest BCUT2D eigenvalue weighted by atomic mass is 19.1. The monoisotopic (exact) mass is 405 g/mol. The van der Waals surface area contributed by atoms with E-state index in [-0.39, 0.29) is 11.9 Å². The molecule has 0 aliphatic heterocycles. The topological polar surface area (TPSA) is 90.5 Å². The van der Waals surface area contributed by atoms with Gasteiger partial charge >= 0.3 is 0 Å². The smallest absolute Gasteiger partial charge is 0.253 e. The molecular formula is C21H20FN7O. The molecule has 0 aliphatic carbocycles. The summed E-state index contributed by atoms with van der Waals surface area (Å²) in [4.78, 5) is 18.4. The van der Waals surface area contributed by atoms with Crippen LogP contribution in [0.5, 0.6) is 0 Å². The van der Waals surface area contributed by atoms with Crippen molar-refractivity contribution in [1.82, 2.24) is 35.1 Å². The van der Waals surface area contributed by atoms with Gasteiger partial charge in [0.2, 0.25) is 0 Å².